The van der Waals surface area contributed by atoms with Crippen LogP contribution >= 0.6 is 0 Å². The van der Waals surface area contributed by atoms with Gasteiger partial charge in [-0.3, -0.25) is 0 Å². The van der Waals surface area contributed by atoms with Gasteiger partial charge >= 0.3 is 6.09 Å². The highest BCUT2D eigenvalue weighted by atomic mass is 16.6. The van der Waals surface area contributed by atoms with Crippen LogP contribution in [-0.2, 0) is 4.74 Å². The molecule has 2 rings (SSSR count). The van der Waals surface area contributed by atoms with Gasteiger partial charge in [0.25, 0.3) is 0 Å². The van der Waals surface area contributed by atoms with Crippen LogP contribution in [0.25, 0.3) is 0 Å². The second-order valence-corrected chi connectivity index (χ2v) is 7.29. The van der Waals surface area contributed by atoms with Crippen molar-refractivity contribution in [1.82, 2.24) is 4.90 Å². The number of nitrogens with two attached hydrogens (primary N) is 1. The SMILES string of the molecule is Cc1cccc(C)c1[C@H]1CCN(C(=O)OC(C)(C)C)C[C@@H]1N. The molecule has 0 saturated carbocycles. The van der Waals surface area contributed by atoms with E-state index >= 15 is 0 Å². The maximum atomic E-state index is 12.2. The van der Waals surface area contributed by atoms with Crippen molar-refractivity contribution in [3.63, 3.8) is 0 Å². The zero-order valence-corrected chi connectivity index (χ0v) is 14.3. The number of benzene rings is 1. The number of amides is 1. The van der Waals surface area contributed by atoms with Gasteiger partial charge in [0.05, 0.1) is 0 Å². The lowest BCUT2D eigenvalue weighted by Crippen LogP contribution is -2.51. The molecule has 2 N–H and O–H groups in total. The predicted octanol–water partition coefficient (Wildman–Crippen LogP) is 3.36. The molecule has 2 atom stereocenters. The van der Waals surface area contributed by atoms with Gasteiger partial charge in [0.2, 0.25) is 0 Å². The molecule has 0 aromatic heterocycles. The monoisotopic (exact) mass is 304 g/mol. The molecule has 0 spiro atoms. The molecule has 0 bridgehead atoms. The molecule has 0 aliphatic carbocycles. The summed E-state index contributed by atoms with van der Waals surface area (Å²) >= 11 is 0. The van der Waals surface area contributed by atoms with Gasteiger partial charge in [-0.1, -0.05) is 18.2 Å². The first-order chi connectivity index (χ1) is 10.2. The molecule has 4 nitrogen and oxygen atoms in total. The lowest BCUT2D eigenvalue weighted by Gasteiger charge is -2.38. The van der Waals surface area contributed by atoms with E-state index in [1.807, 2.05) is 20.8 Å². The van der Waals surface area contributed by atoms with Crippen molar-refractivity contribution in [3.8, 4) is 0 Å². The number of aryl methyl sites for hydroxylation is 2. The van der Waals surface area contributed by atoms with E-state index in [2.05, 4.69) is 32.0 Å². The number of likely N-dealkylation sites (tertiary alicyclic amines) is 1. The van der Waals surface area contributed by atoms with Crippen LogP contribution in [0.3, 0.4) is 0 Å². The minimum Gasteiger partial charge on any atom is -0.444 e. The van der Waals surface area contributed by atoms with Crippen molar-refractivity contribution >= 4 is 6.09 Å². The summed E-state index contributed by atoms with van der Waals surface area (Å²) in [7, 11) is 0. The van der Waals surface area contributed by atoms with Gasteiger partial charge in [-0.05, 0) is 57.7 Å². The summed E-state index contributed by atoms with van der Waals surface area (Å²) in [6.45, 7) is 11.2. The maximum Gasteiger partial charge on any atom is 0.410 e. The van der Waals surface area contributed by atoms with E-state index in [9.17, 15) is 4.79 Å². The van der Waals surface area contributed by atoms with Gasteiger partial charge in [0.15, 0.2) is 0 Å². The first-order valence-electron chi connectivity index (χ1n) is 7.98. The quantitative estimate of drug-likeness (QED) is 0.865. The van der Waals surface area contributed by atoms with Crippen LogP contribution in [0.4, 0.5) is 4.79 Å². The van der Waals surface area contributed by atoms with Crippen molar-refractivity contribution in [3.05, 3.63) is 34.9 Å². The Hall–Kier alpha value is -1.55. The standard InChI is InChI=1S/C18H28N2O2/c1-12-7-6-8-13(2)16(12)14-9-10-20(11-15(14)19)17(21)22-18(3,4)5/h6-8,14-15H,9-11,19H2,1-5H3/t14-,15-/m0/s1. The lowest BCUT2D eigenvalue weighted by molar-refractivity contribution is 0.0186. The molecular formula is C18H28N2O2. The molecule has 4 heteroatoms. The number of ether oxygens (including phenoxy) is 1. The smallest absolute Gasteiger partial charge is 0.410 e. The van der Waals surface area contributed by atoms with Crippen molar-refractivity contribution in [2.75, 3.05) is 13.1 Å². The number of rotatable bonds is 1. The topological polar surface area (TPSA) is 55.6 Å². The van der Waals surface area contributed by atoms with Crippen LogP contribution in [0.5, 0.6) is 0 Å². The van der Waals surface area contributed by atoms with Gasteiger partial charge in [0.1, 0.15) is 5.60 Å². The third-order valence-electron chi connectivity index (χ3n) is 4.22. The second kappa shape index (κ2) is 6.29. The summed E-state index contributed by atoms with van der Waals surface area (Å²) in [5.41, 5.74) is 9.84. The highest BCUT2D eigenvalue weighted by molar-refractivity contribution is 5.68. The van der Waals surface area contributed by atoms with E-state index in [0.29, 0.717) is 19.0 Å². The first kappa shape index (κ1) is 16.8. The average Bonchev–Trinajstić information content (AvgIpc) is 2.38. The zero-order valence-electron chi connectivity index (χ0n) is 14.3. The molecule has 1 aromatic carbocycles. The normalized spacial score (nSPS) is 22.5. The van der Waals surface area contributed by atoms with Gasteiger partial charge in [0, 0.05) is 25.0 Å². The first-order valence-corrected chi connectivity index (χ1v) is 7.98. The predicted molar refractivity (Wildman–Crippen MR) is 89.1 cm³/mol. The van der Waals surface area contributed by atoms with Crippen LogP contribution in [0.2, 0.25) is 0 Å². The fourth-order valence-electron chi connectivity index (χ4n) is 3.24. The van der Waals surface area contributed by atoms with Crippen molar-refractivity contribution in [2.45, 2.75) is 58.6 Å². The Morgan fingerprint density at radius 1 is 1.27 bits per heavy atom. The molecule has 0 radical (unpaired) electrons. The largest absolute Gasteiger partial charge is 0.444 e. The Kier molecular flexibility index (Phi) is 4.81. The third kappa shape index (κ3) is 3.80. The molecule has 1 heterocycles. The fraction of sp³-hybridized carbons (Fsp3) is 0.611. The molecule has 1 aromatic rings. The number of piperidine rings is 1. The fourth-order valence-corrected chi connectivity index (χ4v) is 3.24. The van der Waals surface area contributed by atoms with Crippen molar-refractivity contribution < 1.29 is 9.53 Å². The average molecular weight is 304 g/mol. The molecule has 1 aliphatic heterocycles. The second-order valence-electron chi connectivity index (χ2n) is 7.29. The summed E-state index contributed by atoms with van der Waals surface area (Å²) in [4.78, 5) is 13.9. The summed E-state index contributed by atoms with van der Waals surface area (Å²) in [6.07, 6.45) is 0.620. The van der Waals surface area contributed by atoms with E-state index in [-0.39, 0.29) is 12.1 Å². The molecular weight excluding hydrogens is 276 g/mol. The summed E-state index contributed by atoms with van der Waals surface area (Å²) in [6, 6.07) is 6.29. The maximum absolute atomic E-state index is 12.2. The molecule has 0 unspecified atom stereocenters. The van der Waals surface area contributed by atoms with E-state index in [1.165, 1.54) is 16.7 Å². The van der Waals surface area contributed by atoms with Gasteiger partial charge in [-0.2, -0.15) is 0 Å². The third-order valence-corrected chi connectivity index (χ3v) is 4.22. The van der Waals surface area contributed by atoms with E-state index < -0.39 is 5.60 Å². The highest BCUT2D eigenvalue weighted by Crippen LogP contribution is 2.32. The summed E-state index contributed by atoms with van der Waals surface area (Å²) in [5, 5.41) is 0. The Morgan fingerprint density at radius 3 is 2.36 bits per heavy atom. The van der Waals surface area contributed by atoms with Gasteiger partial charge < -0.3 is 15.4 Å². The van der Waals surface area contributed by atoms with E-state index in [4.69, 9.17) is 10.5 Å². The molecule has 22 heavy (non-hydrogen) atoms. The minimum absolute atomic E-state index is 0.0546. The number of hydrogen-bond donors (Lipinski definition) is 1. The van der Waals surface area contributed by atoms with Crippen LogP contribution < -0.4 is 5.73 Å². The van der Waals surface area contributed by atoms with E-state index in [1.54, 1.807) is 4.90 Å². The van der Waals surface area contributed by atoms with Crippen LogP contribution in [-0.4, -0.2) is 35.7 Å². The Balaban J connectivity index is 2.09. The van der Waals surface area contributed by atoms with Crippen LogP contribution in [0.1, 0.15) is 49.8 Å². The molecule has 122 valence electrons. The number of carbonyl (C=O) groups is 1. The highest BCUT2D eigenvalue weighted by Gasteiger charge is 2.33. The molecule has 1 aliphatic rings. The number of hydrogen-bond acceptors (Lipinski definition) is 3. The zero-order chi connectivity index (χ0) is 16.5. The lowest BCUT2D eigenvalue weighted by atomic mass is 9.81. The number of nitrogens with zero attached hydrogens (tertiary/aromatic N) is 1. The Labute approximate surface area is 133 Å². The molecule has 1 fully saturated rings. The van der Waals surface area contributed by atoms with Gasteiger partial charge in [-0.25, -0.2) is 4.79 Å². The van der Waals surface area contributed by atoms with Crippen LogP contribution in [0.15, 0.2) is 18.2 Å². The van der Waals surface area contributed by atoms with Crippen molar-refractivity contribution in [1.29, 1.82) is 0 Å². The summed E-state index contributed by atoms with van der Waals surface area (Å²) in [5.74, 6) is 0.305. The Morgan fingerprint density at radius 2 is 1.86 bits per heavy atom. The molecule has 1 amide bonds. The summed E-state index contributed by atoms with van der Waals surface area (Å²) < 4.78 is 5.45. The number of carbonyl (C=O) groups excluding carboxylic acids is 1. The molecule has 1 saturated heterocycles. The van der Waals surface area contributed by atoms with Crippen molar-refractivity contribution in [2.24, 2.45) is 5.73 Å². The van der Waals surface area contributed by atoms with E-state index in [0.717, 1.165) is 6.42 Å². The minimum atomic E-state index is -0.468. The Bertz CT molecular complexity index is 528. The van der Waals surface area contributed by atoms with Crippen LogP contribution in [0, 0.1) is 13.8 Å². The van der Waals surface area contributed by atoms with Gasteiger partial charge in [-0.15, -0.1) is 0 Å².